The Morgan fingerprint density at radius 1 is 1.00 bits per heavy atom. The summed E-state index contributed by atoms with van der Waals surface area (Å²) in [7, 11) is -6.00. The third kappa shape index (κ3) is 5.14. The monoisotopic (exact) mass is 288 g/mol. The van der Waals surface area contributed by atoms with Crippen molar-refractivity contribution < 1.29 is 17.3 Å². The summed E-state index contributed by atoms with van der Waals surface area (Å²) < 4.78 is 39.0. The van der Waals surface area contributed by atoms with Crippen LogP contribution in [0.1, 0.15) is 29.9 Å². The molecule has 0 radical (unpaired) electrons. The molecule has 3 rings (SSSR count). The minimum Gasteiger partial charge on any atom is -0.418 e. The maximum atomic E-state index is 9.75. The first kappa shape index (κ1) is 14.2. The van der Waals surface area contributed by atoms with Crippen LogP contribution >= 0.6 is 0 Å². The van der Waals surface area contributed by atoms with Crippen molar-refractivity contribution >= 4 is 23.5 Å². The Balaban J connectivity index is 0.000000232. The van der Waals surface area contributed by atoms with Crippen LogP contribution in [0, 0.1) is 0 Å². The van der Waals surface area contributed by atoms with Crippen molar-refractivity contribution in [3.05, 3.63) is 47.5 Å². The molecule has 6 heteroatoms. The largest absolute Gasteiger partial charge is 0.673 e. The van der Waals surface area contributed by atoms with E-state index < -0.39 is 7.25 Å². The van der Waals surface area contributed by atoms with E-state index in [1.54, 1.807) is 0 Å². The van der Waals surface area contributed by atoms with Gasteiger partial charge in [0.15, 0.2) is 17.1 Å². The summed E-state index contributed by atoms with van der Waals surface area (Å²) in [5.41, 5.74) is 2.91. The van der Waals surface area contributed by atoms with E-state index in [1.165, 1.54) is 28.8 Å². The van der Waals surface area contributed by atoms with Gasteiger partial charge in [-0.3, -0.25) is 0 Å². The number of benzene rings is 1. The number of rotatable bonds is 2. The number of allylic oxidation sites excluding steroid dienone is 1. The van der Waals surface area contributed by atoms with Crippen LogP contribution in [0.3, 0.4) is 0 Å². The van der Waals surface area contributed by atoms with E-state index in [9.17, 15) is 17.3 Å². The summed E-state index contributed by atoms with van der Waals surface area (Å²) in [6.07, 6.45) is 7.25. The Hall–Kier alpha value is -1.17. The molecule has 0 N–H and O–H groups in total. The van der Waals surface area contributed by atoms with Crippen molar-refractivity contribution in [1.82, 2.24) is 0 Å². The molecule has 0 spiro atoms. The average molecular weight is 288 g/mol. The van der Waals surface area contributed by atoms with Gasteiger partial charge in [0.1, 0.15) is 0 Å². The van der Waals surface area contributed by atoms with E-state index in [-0.39, 0.29) is 0 Å². The zero-order chi connectivity index (χ0) is 13.9. The van der Waals surface area contributed by atoms with Crippen LogP contribution < -0.4 is 0 Å². The molecule has 0 aromatic heterocycles. The molecular formula is C13H13BF4S. The van der Waals surface area contributed by atoms with Gasteiger partial charge < -0.3 is 17.3 Å². The molecule has 1 aromatic rings. The van der Waals surface area contributed by atoms with Crippen molar-refractivity contribution in [3.8, 4) is 0 Å². The molecule has 1 heterocycles. The van der Waals surface area contributed by atoms with Gasteiger partial charge in [0, 0.05) is 11.6 Å². The summed E-state index contributed by atoms with van der Waals surface area (Å²) >= 11 is 1.93. The highest BCUT2D eigenvalue weighted by atomic mass is 32.1. The molecule has 1 fully saturated rings. The van der Waals surface area contributed by atoms with E-state index in [2.05, 4.69) is 36.4 Å². The second-order valence-electron chi connectivity index (χ2n) is 4.47. The van der Waals surface area contributed by atoms with Crippen LogP contribution in [0.15, 0.2) is 36.4 Å². The highest BCUT2D eigenvalue weighted by Crippen LogP contribution is 2.39. The van der Waals surface area contributed by atoms with Gasteiger partial charge in [-0.15, -0.1) is 0 Å². The van der Waals surface area contributed by atoms with Gasteiger partial charge in [-0.25, -0.2) is 0 Å². The summed E-state index contributed by atoms with van der Waals surface area (Å²) in [6, 6.07) is 9.14. The Labute approximate surface area is 113 Å². The quantitative estimate of drug-likeness (QED) is 0.333. The molecule has 1 aliphatic heterocycles. The number of hydrogen-bond donors (Lipinski definition) is 0. The minimum absolute atomic E-state index is 0.876. The van der Waals surface area contributed by atoms with Crippen LogP contribution in [0.4, 0.5) is 17.3 Å². The lowest BCUT2D eigenvalue weighted by molar-refractivity contribution is 0.368. The average Bonchev–Trinajstić information content (AvgIpc) is 3.03. The Morgan fingerprint density at radius 3 is 2.00 bits per heavy atom. The zero-order valence-corrected chi connectivity index (χ0v) is 11.0. The normalized spacial score (nSPS) is 17.8. The fourth-order valence-electron chi connectivity index (χ4n) is 1.86. The molecule has 0 nitrogen and oxygen atoms in total. The maximum absolute atomic E-state index is 9.75. The van der Waals surface area contributed by atoms with Gasteiger partial charge in [0.2, 0.25) is 4.86 Å². The number of hydrogen-bond acceptors (Lipinski definition) is 0. The first-order valence-corrected chi connectivity index (χ1v) is 7.06. The Kier molecular flexibility index (Phi) is 4.40. The molecule has 2 aliphatic rings. The zero-order valence-electron chi connectivity index (χ0n) is 10.2. The Bertz CT molecular complexity index is 480. The van der Waals surface area contributed by atoms with E-state index >= 15 is 0 Å². The van der Waals surface area contributed by atoms with E-state index in [0.29, 0.717) is 0 Å². The van der Waals surface area contributed by atoms with Crippen molar-refractivity contribution in [2.75, 3.05) is 5.75 Å². The van der Waals surface area contributed by atoms with E-state index in [4.69, 9.17) is 0 Å². The van der Waals surface area contributed by atoms with Gasteiger partial charge in [-0.05, 0) is 42.5 Å². The van der Waals surface area contributed by atoms with E-state index in [0.717, 1.165) is 11.7 Å². The molecule has 0 unspecified atom stereocenters. The van der Waals surface area contributed by atoms with Gasteiger partial charge in [-0.2, -0.15) is 0 Å². The molecular weight excluding hydrogens is 275 g/mol. The predicted molar refractivity (Wildman–Crippen MR) is 74.1 cm³/mol. The van der Waals surface area contributed by atoms with Gasteiger partial charge in [0.05, 0.1) is 0 Å². The van der Waals surface area contributed by atoms with Crippen LogP contribution in [0.25, 0.3) is 0 Å². The standard InChI is InChI=1S/C13H13S.BF4/c1-2-13(14-9-1)12-7-5-11(6-8-12)10-3-4-10;2-1(3,4)5/h1-2,5-8,10H,3-4,9H2;/q+1;-1. The summed E-state index contributed by atoms with van der Waals surface area (Å²) in [6.45, 7) is 0. The van der Waals surface area contributed by atoms with Crippen LogP contribution in [-0.2, 0) is 11.4 Å². The smallest absolute Gasteiger partial charge is 0.418 e. The van der Waals surface area contributed by atoms with Gasteiger partial charge >= 0.3 is 7.25 Å². The molecule has 19 heavy (non-hydrogen) atoms. The van der Waals surface area contributed by atoms with Gasteiger partial charge in [-0.1, -0.05) is 12.1 Å². The molecule has 1 aromatic carbocycles. The van der Waals surface area contributed by atoms with Crippen molar-refractivity contribution in [2.45, 2.75) is 18.8 Å². The van der Waals surface area contributed by atoms with Crippen molar-refractivity contribution in [2.24, 2.45) is 0 Å². The molecule has 0 amide bonds. The third-order valence-electron chi connectivity index (χ3n) is 2.85. The molecule has 0 saturated heterocycles. The van der Waals surface area contributed by atoms with Crippen LogP contribution in [0.2, 0.25) is 0 Å². The minimum atomic E-state index is -6.00. The summed E-state index contributed by atoms with van der Waals surface area (Å²) in [5, 5.41) is 0. The maximum Gasteiger partial charge on any atom is 0.673 e. The lowest BCUT2D eigenvalue weighted by Crippen LogP contribution is -2.02. The van der Waals surface area contributed by atoms with Crippen molar-refractivity contribution in [3.63, 3.8) is 0 Å². The third-order valence-corrected chi connectivity index (χ3v) is 3.89. The topological polar surface area (TPSA) is 0 Å². The SMILES string of the molecule is C1=CC(c2ccc(C3CC3)cc2)=[S+]C1.F[B-](F)(F)F. The molecule has 0 atom stereocenters. The lowest BCUT2D eigenvalue weighted by Gasteiger charge is -1.97. The Morgan fingerprint density at radius 2 is 1.58 bits per heavy atom. The number of halogens is 4. The molecule has 1 saturated carbocycles. The highest BCUT2D eigenvalue weighted by Gasteiger charge is 2.23. The first-order chi connectivity index (χ1) is 8.93. The van der Waals surface area contributed by atoms with Crippen LogP contribution in [-0.4, -0.2) is 17.9 Å². The highest BCUT2D eigenvalue weighted by molar-refractivity contribution is 7.80. The molecule has 0 bridgehead atoms. The molecule has 1 aliphatic carbocycles. The first-order valence-electron chi connectivity index (χ1n) is 6.07. The summed E-state index contributed by atoms with van der Waals surface area (Å²) in [5.74, 6) is 2.01. The summed E-state index contributed by atoms with van der Waals surface area (Å²) in [4.78, 5) is 1.42. The van der Waals surface area contributed by atoms with Crippen molar-refractivity contribution in [1.29, 1.82) is 0 Å². The second kappa shape index (κ2) is 5.86. The fourth-order valence-corrected chi connectivity index (χ4v) is 2.72. The van der Waals surface area contributed by atoms with Crippen LogP contribution in [0.5, 0.6) is 0 Å². The second-order valence-corrected chi connectivity index (χ2v) is 5.53. The van der Waals surface area contributed by atoms with Gasteiger partial charge in [0.25, 0.3) is 0 Å². The lowest BCUT2D eigenvalue weighted by atomic mass is 10.1. The fraction of sp³-hybridized carbons (Fsp3) is 0.308. The van der Waals surface area contributed by atoms with E-state index in [1.807, 2.05) is 11.4 Å². The predicted octanol–water partition coefficient (Wildman–Crippen LogP) is 4.04. The molecule has 102 valence electrons.